The van der Waals surface area contributed by atoms with E-state index in [-0.39, 0.29) is 5.91 Å². The number of nitrogens with one attached hydrogen (secondary N) is 1. The zero-order valence-corrected chi connectivity index (χ0v) is 38.5. The number of amides is 1. The van der Waals surface area contributed by atoms with Crippen molar-refractivity contribution in [1.82, 2.24) is 5.32 Å². The molecule has 0 unspecified atom stereocenters. The van der Waals surface area contributed by atoms with Gasteiger partial charge in [0.25, 0.3) is 0 Å². The van der Waals surface area contributed by atoms with Gasteiger partial charge in [0.15, 0.2) is 0 Å². The third kappa shape index (κ3) is 44.6. The number of phosphoric ester groups is 1. The number of carbonyl (C=O) groups excluding carboxylic acids is 1. The topological polar surface area (TPSA) is 116 Å². The molecule has 0 aliphatic rings. The van der Waals surface area contributed by atoms with Gasteiger partial charge in [-0.2, -0.15) is 0 Å². The molecule has 1 amide bonds. The standard InChI is InChI=1S/C48H98NO6P/c1-3-5-7-9-11-13-14-15-16-17-18-19-20-21-22-23-24-25-26-27-28-29-30-31-32-33-34-36-38-40-42-44-48(51)49-46(45-55-56(52,53)54)47(50)43-41-39-37-35-12-10-8-6-4-2/h46-47,50H,3-45H2,1-2H3,(H,49,51)(H2,52,53,54)/t46-,47+/m0/s1. The van der Waals surface area contributed by atoms with Crippen LogP contribution in [0, 0.1) is 0 Å². The van der Waals surface area contributed by atoms with Gasteiger partial charge < -0.3 is 20.2 Å². The van der Waals surface area contributed by atoms with Crippen molar-refractivity contribution in [3.8, 4) is 0 Å². The SMILES string of the molecule is CCCCCCCCCCCCCCCCCCCCCCCCCCCCCCCCCC(=O)N[C@@H](COP(=O)(O)O)[C@H](O)CCCCCCCCCCC. The van der Waals surface area contributed by atoms with Crippen LogP contribution in [0.4, 0.5) is 0 Å². The number of phosphoric acid groups is 1. The lowest BCUT2D eigenvalue weighted by Crippen LogP contribution is -2.46. The van der Waals surface area contributed by atoms with Gasteiger partial charge in [0.1, 0.15) is 0 Å². The van der Waals surface area contributed by atoms with Gasteiger partial charge in [-0.05, 0) is 12.8 Å². The highest BCUT2D eigenvalue weighted by atomic mass is 31.2. The van der Waals surface area contributed by atoms with Crippen LogP contribution in [-0.4, -0.2) is 39.6 Å². The fourth-order valence-corrected chi connectivity index (χ4v) is 8.41. The Bertz CT molecular complexity index is 838. The van der Waals surface area contributed by atoms with Crippen LogP contribution >= 0.6 is 7.82 Å². The van der Waals surface area contributed by atoms with E-state index >= 15 is 0 Å². The first-order valence-electron chi connectivity index (χ1n) is 25.0. The number of unbranched alkanes of at least 4 members (excludes halogenated alkanes) is 38. The Morgan fingerprint density at radius 2 is 0.696 bits per heavy atom. The molecule has 0 heterocycles. The average molecular weight is 816 g/mol. The summed E-state index contributed by atoms with van der Waals surface area (Å²) in [5.74, 6) is -0.189. The highest BCUT2D eigenvalue weighted by molar-refractivity contribution is 7.46. The lowest BCUT2D eigenvalue weighted by Gasteiger charge is -2.24. The fourth-order valence-electron chi connectivity index (χ4n) is 8.06. The molecule has 0 spiro atoms. The van der Waals surface area contributed by atoms with Crippen LogP contribution in [0.15, 0.2) is 0 Å². The van der Waals surface area contributed by atoms with E-state index in [0.29, 0.717) is 12.8 Å². The van der Waals surface area contributed by atoms with Gasteiger partial charge in [0.05, 0.1) is 18.8 Å². The minimum Gasteiger partial charge on any atom is -0.391 e. The second-order valence-electron chi connectivity index (χ2n) is 17.5. The van der Waals surface area contributed by atoms with E-state index in [2.05, 4.69) is 23.7 Å². The number of hydrogen-bond donors (Lipinski definition) is 4. The van der Waals surface area contributed by atoms with E-state index in [9.17, 15) is 14.5 Å². The fraction of sp³-hybridized carbons (Fsp3) is 0.979. The number of carbonyl (C=O) groups is 1. The molecule has 2 atom stereocenters. The first-order valence-corrected chi connectivity index (χ1v) is 26.5. The summed E-state index contributed by atoms with van der Waals surface area (Å²) in [7, 11) is -4.68. The van der Waals surface area contributed by atoms with Crippen molar-refractivity contribution in [2.24, 2.45) is 0 Å². The van der Waals surface area contributed by atoms with Crippen molar-refractivity contribution in [1.29, 1.82) is 0 Å². The van der Waals surface area contributed by atoms with Crippen LogP contribution in [0.2, 0.25) is 0 Å². The zero-order valence-electron chi connectivity index (χ0n) is 37.6. The Balaban J connectivity index is 3.57. The van der Waals surface area contributed by atoms with Gasteiger partial charge in [-0.3, -0.25) is 9.32 Å². The Morgan fingerprint density at radius 3 is 0.964 bits per heavy atom. The summed E-state index contributed by atoms with van der Waals surface area (Å²) in [4.78, 5) is 30.9. The van der Waals surface area contributed by atoms with Crippen molar-refractivity contribution >= 4 is 13.7 Å². The quantitative estimate of drug-likeness (QED) is 0.0359. The minimum absolute atomic E-state index is 0.189. The van der Waals surface area contributed by atoms with Gasteiger partial charge in [0.2, 0.25) is 5.91 Å². The molecule has 0 aromatic carbocycles. The molecule has 336 valence electrons. The van der Waals surface area contributed by atoms with Gasteiger partial charge in [-0.1, -0.05) is 264 Å². The lowest BCUT2D eigenvalue weighted by atomic mass is 10.0. The summed E-state index contributed by atoms with van der Waals surface area (Å²) in [6.07, 6.45) is 52.9. The second-order valence-corrected chi connectivity index (χ2v) is 18.7. The van der Waals surface area contributed by atoms with E-state index in [1.807, 2.05) is 0 Å². The van der Waals surface area contributed by atoms with Crippen molar-refractivity contribution in [3.63, 3.8) is 0 Å². The smallest absolute Gasteiger partial charge is 0.391 e. The Morgan fingerprint density at radius 1 is 0.446 bits per heavy atom. The zero-order chi connectivity index (χ0) is 41.1. The summed E-state index contributed by atoms with van der Waals surface area (Å²) < 4.78 is 15.9. The molecule has 56 heavy (non-hydrogen) atoms. The maximum atomic E-state index is 12.6. The lowest BCUT2D eigenvalue weighted by molar-refractivity contribution is -0.123. The minimum atomic E-state index is -4.68. The Hall–Kier alpha value is -0.460. The van der Waals surface area contributed by atoms with Crippen molar-refractivity contribution in [2.75, 3.05) is 6.61 Å². The molecule has 8 heteroatoms. The number of hydrogen-bond acceptors (Lipinski definition) is 4. The predicted molar refractivity (Wildman–Crippen MR) is 241 cm³/mol. The van der Waals surface area contributed by atoms with Crippen molar-refractivity contribution in [2.45, 2.75) is 296 Å². The molecule has 4 N–H and O–H groups in total. The van der Waals surface area contributed by atoms with E-state index in [1.54, 1.807) is 0 Å². The highest BCUT2D eigenvalue weighted by Gasteiger charge is 2.25. The molecule has 7 nitrogen and oxygen atoms in total. The van der Waals surface area contributed by atoms with E-state index in [1.165, 1.54) is 218 Å². The van der Waals surface area contributed by atoms with Crippen LogP contribution < -0.4 is 5.32 Å². The highest BCUT2D eigenvalue weighted by Crippen LogP contribution is 2.36. The van der Waals surface area contributed by atoms with Gasteiger partial charge in [-0.25, -0.2) is 4.57 Å². The predicted octanol–water partition coefficient (Wildman–Crippen LogP) is 15.4. The summed E-state index contributed by atoms with van der Waals surface area (Å²) in [5.41, 5.74) is 0. The molecule has 0 aliphatic heterocycles. The van der Waals surface area contributed by atoms with Crippen LogP contribution in [0.3, 0.4) is 0 Å². The van der Waals surface area contributed by atoms with E-state index < -0.39 is 26.6 Å². The molecule has 0 rings (SSSR count). The van der Waals surface area contributed by atoms with Crippen LogP contribution in [-0.2, 0) is 13.9 Å². The Labute approximate surface area is 349 Å². The van der Waals surface area contributed by atoms with Gasteiger partial charge in [0, 0.05) is 6.42 Å². The molecule has 0 saturated heterocycles. The third-order valence-corrected chi connectivity index (χ3v) is 12.3. The van der Waals surface area contributed by atoms with E-state index in [4.69, 9.17) is 9.79 Å². The second kappa shape index (κ2) is 44.1. The molecular weight excluding hydrogens is 718 g/mol. The molecular formula is C48H98NO6P. The first-order chi connectivity index (χ1) is 27.3. The number of aliphatic hydroxyl groups excluding tert-OH is 1. The average Bonchev–Trinajstić information content (AvgIpc) is 3.17. The summed E-state index contributed by atoms with van der Waals surface area (Å²) >= 11 is 0. The van der Waals surface area contributed by atoms with Gasteiger partial charge >= 0.3 is 7.82 Å². The maximum absolute atomic E-state index is 12.6. The summed E-state index contributed by atoms with van der Waals surface area (Å²) in [6, 6.07) is -0.817. The number of aliphatic hydroxyl groups is 1. The monoisotopic (exact) mass is 816 g/mol. The first kappa shape index (κ1) is 55.5. The van der Waals surface area contributed by atoms with Crippen LogP contribution in [0.25, 0.3) is 0 Å². The largest absolute Gasteiger partial charge is 0.469 e. The maximum Gasteiger partial charge on any atom is 0.469 e. The molecule has 0 aliphatic carbocycles. The molecule has 0 fully saturated rings. The van der Waals surface area contributed by atoms with Crippen LogP contribution in [0.5, 0.6) is 0 Å². The summed E-state index contributed by atoms with van der Waals surface area (Å²) in [6.45, 7) is 4.12. The Kier molecular flexibility index (Phi) is 43.7. The molecule has 0 aromatic rings. The van der Waals surface area contributed by atoms with Crippen molar-refractivity contribution < 1.29 is 28.8 Å². The molecule has 0 radical (unpaired) electrons. The number of rotatable bonds is 47. The van der Waals surface area contributed by atoms with Crippen LogP contribution in [0.1, 0.15) is 284 Å². The molecule has 0 aromatic heterocycles. The third-order valence-electron chi connectivity index (χ3n) is 11.8. The van der Waals surface area contributed by atoms with E-state index in [0.717, 1.165) is 38.5 Å². The summed E-state index contributed by atoms with van der Waals surface area (Å²) in [5, 5.41) is 13.5. The van der Waals surface area contributed by atoms with Gasteiger partial charge in [-0.15, -0.1) is 0 Å². The normalized spacial score (nSPS) is 13.0. The van der Waals surface area contributed by atoms with Crippen molar-refractivity contribution in [3.05, 3.63) is 0 Å². The molecule has 0 bridgehead atoms. The molecule has 0 saturated carbocycles.